The van der Waals surface area contributed by atoms with E-state index in [9.17, 15) is 13.8 Å². The number of ether oxygens (including phenoxy) is 1. The van der Waals surface area contributed by atoms with Crippen LogP contribution in [-0.4, -0.2) is 27.6 Å². The highest BCUT2D eigenvalue weighted by atomic mass is 32.2. The number of carboxylic acid groups (broad SMARTS) is 1. The van der Waals surface area contributed by atoms with Gasteiger partial charge in [0.2, 0.25) is 0 Å². The Hall–Kier alpha value is -2.67. The number of benzene rings is 2. The van der Waals surface area contributed by atoms with Gasteiger partial charge in [-0.05, 0) is 29.8 Å². The second-order valence-electron chi connectivity index (χ2n) is 4.76. The van der Waals surface area contributed by atoms with Gasteiger partial charge in [-0.15, -0.1) is 4.36 Å². The van der Waals surface area contributed by atoms with E-state index in [0.29, 0.717) is 0 Å². The lowest BCUT2D eigenvalue weighted by Gasteiger charge is -2.05. The van der Waals surface area contributed by atoms with Gasteiger partial charge in [-0.1, -0.05) is 30.3 Å². The predicted molar refractivity (Wildman–Crippen MR) is 84.8 cm³/mol. The van der Waals surface area contributed by atoms with E-state index in [-0.39, 0.29) is 17.1 Å². The summed E-state index contributed by atoms with van der Waals surface area (Å²) in [5.41, 5.74) is 0.861. The smallest absolute Gasteiger partial charge is 0.442 e. The molecule has 0 aromatic heterocycles. The lowest BCUT2D eigenvalue weighted by molar-refractivity contribution is 0.0696. The van der Waals surface area contributed by atoms with Gasteiger partial charge in [0.25, 0.3) is 0 Å². The van der Waals surface area contributed by atoms with Crippen LogP contribution in [0.4, 0.5) is 4.79 Å². The molecule has 0 heterocycles. The quantitative estimate of drug-likeness (QED) is 0.927. The molecule has 1 atom stereocenters. The number of hydrogen-bond acceptors (Lipinski definition) is 4. The topological polar surface area (TPSA) is 93.0 Å². The highest BCUT2D eigenvalue weighted by Crippen LogP contribution is 2.14. The molecule has 0 aliphatic rings. The van der Waals surface area contributed by atoms with E-state index in [4.69, 9.17) is 9.84 Å². The highest BCUT2D eigenvalue weighted by Gasteiger charge is 2.12. The first-order valence-corrected chi connectivity index (χ1v) is 8.57. The Kier molecular flexibility index (Phi) is 5.13. The second kappa shape index (κ2) is 7.06. The summed E-state index contributed by atoms with van der Waals surface area (Å²) in [4.78, 5) is 22.8. The number of carboxylic acids is 1. The fourth-order valence-corrected chi connectivity index (χ4v) is 2.87. The van der Waals surface area contributed by atoms with Gasteiger partial charge in [0, 0.05) is 11.2 Å². The molecule has 7 heteroatoms. The molecule has 1 unspecified atom stereocenters. The van der Waals surface area contributed by atoms with Crippen LogP contribution in [0.5, 0.6) is 0 Å². The molecule has 2 aromatic rings. The number of rotatable bonds is 4. The lowest BCUT2D eigenvalue weighted by atomic mass is 10.2. The molecular weight excluding hydrogens is 318 g/mol. The van der Waals surface area contributed by atoms with Crippen molar-refractivity contribution in [1.82, 2.24) is 0 Å². The van der Waals surface area contributed by atoms with E-state index in [1.165, 1.54) is 30.5 Å². The zero-order valence-corrected chi connectivity index (χ0v) is 13.2. The normalized spacial score (nSPS) is 12.9. The molecule has 2 aromatic carbocycles. The maximum atomic E-state index is 12.5. The molecule has 0 radical (unpaired) electrons. The van der Waals surface area contributed by atoms with E-state index in [1.807, 2.05) is 18.2 Å². The molecule has 120 valence electrons. The average molecular weight is 333 g/mol. The molecule has 0 saturated heterocycles. The van der Waals surface area contributed by atoms with Crippen LogP contribution in [0.2, 0.25) is 0 Å². The van der Waals surface area contributed by atoms with E-state index in [1.54, 1.807) is 12.1 Å². The van der Waals surface area contributed by atoms with Crippen LogP contribution in [0.1, 0.15) is 15.9 Å². The Labute approximate surface area is 133 Å². The van der Waals surface area contributed by atoms with E-state index < -0.39 is 21.8 Å². The first kappa shape index (κ1) is 16.7. The van der Waals surface area contributed by atoms with Gasteiger partial charge in [0.15, 0.2) is 0 Å². The first-order chi connectivity index (χ1) is 10.9. The Morgan fingerprint density at radius 3 is 2.26 bits per heavy atom. The zero-order valence-electron chi connectivity index (χ0n) is 12.3. The molecule has 1 N–H and O–H groups in total. The van der Waals surface area contributed by atoms with Crippen LogP contribution in [0.3, 0.4) is 0 Å². The van der Waals surface area contributed by atoms with Crippen LogP contribution in [-0.2, 0) is 21.1 Å². The maximum absolute atomic E-state index is 12.5. The molecular formula is C16H15NO5S. The van der Waals surface area contributed by atoms with Crippen molar-refractivity contribution in [2.24, 2.45) is 4.36 Å². The van der Waals surface area contributed by atoms with Crippen molar-refractivity contribution in [2.45, 2.75) is 11.5 Å². The van der Waals surface area contributed by atoms with Gasteiger partial charge in [-0.3, -0.25) is 0 Å². The van der Waals surface area contributed by atoms with Gasteiger partial charge in [0.1, 0.15) is 6.61 Å². The van der Waals surface area contributed by atoms with E-state index in [2.05, 4.69) is 4.36 Å². The van der Waals surface area contributed by atoms with E-state index >= 15 is 0 Å². The molecule has 0 fully saturated rings. The predicted octanol–water partition coefficient (Wildman–Crippen LogP) is 3.18. The summed E-state index contributed by atoms with van der Waals surface area (Å²) >= 11 is 0. The fraction of sp³-hybridized carbons (Fsp3) is 0.125. The molecule has 1 amide bonds. The minimum atomic E-state index is -3.00. The Bertz CT molecular complexity index is 821. The number of carbonyl (C=O) groups is 2. The van der Waals surface area contributed by atoms with E-state index in [0.717, 1.165) is 5.56 Å². The SMILES string of the molecule is CS(=O)(=NC(=O)OCc1ccccc1)c1ccc(C(=O)O)cc1. The number of aromatic carboxylic acids is 1. The molecule has 2 rings (SSSR count). The lowest BCUT2D eigenvalue weighted by Crippen LogP contribution is -2.06. The van der Waals surface area contributed by atoms with Crippen molar-refractivity contribution in [3.8, 4) is 0 Å². The minimum Gasteiger partial charge on any atom is -0.478 e. The minimum absolute atomic E-state index is 0.0383. The zero-order chi connectivity index (χ0) is 16.9. The third-order valence-electron chi connectivity index (χ3n) is 2.99. The standard InChI is InChI=1S/C16H15NO5S/c1-23(21,14-9-7-13(8-10-14)15(18)19)17-16(20)22-11-12-5-3-2-4-6-12/h2-10H,11H2,1H3,(H,18,19). The number of nitrogens with zero attached hydrogens (tertiary/aromatic N) is 1. The number of carbonyl (C=O) groups excluding carboxylic acids is 1. The number of hydrogen-bond donors (Lipinski definition) is 1. The molecule has 23 heavy (non-hydrogen) atoms. The number of amides is 1. The second-order valence-corrected chi connectivity index (χ2v) is 7.02. The molecule has 0 spiro atoms. The van der Waals surface area contributed by atoms with Gasteiger partial charge in [-0.2, -0.15) is 0 Å². The van der Waals surface area contributed by atoms with Crippen molar-refractivity contribution in [1.29, 1.82) is 0 Å². The molecule has 0 aliphatic heterocycles. The summed E-state index contributed by atoms with van der Waals surface area (Å²) < 4.78 is 21.0. The third kappa shape index (κ3) is 4.65. The Balaban J connectivity index is 2.11. The summed E-state index contributed by atoms with van der Waals surface area (Å²) in [5.74, 6) is -1.08. The van der Waals surface area contributed by atoms with Crippen LogP contribution in [0, 0.1) is 0 Å². The van der Waals surface area contributed by atoms with Crippen molar-refractivity contribution < 1.29 is 23.6 Å². The summed E-state index contributed by atoms with van der Waals surface area (Å²) in [6.07, 6.45) is 0.371. The molecule has 0 bridgehead atoms. The summed E-state index contributed by atoms with van der Waals surface area (Å²) in [6.45, 7) is 0.0383. The summed E-state index contributed by atoms with van der Waals surface area (Å²) in [5, 5.41) is 8.83. The highest BCUT2D eigenvalue weighted by molar-refractivity contribution is 7.93. The van der Waals surface area contributed by atoms with Gasteiger partial charge in [0.05, 0.1) is 15.3 Å². The van der Waals surface area contributed by atoms with Crippen LogP contribution < -0.4 is 0 Å². The Morgan fingerprint density at radius 1 is 1.09 bits per heavy atom. The van der Waals surface area contributed by atoms with Crippen molar-refractivity contribution in [3.63, 3.8) is 0 Å². The van der Waals surface area contributed by atoms with Crippen LogP contribution in [0.25, 0.3) is 0 Å². The molecule has 0 aliphatic carbocycles. The summed E-state index contributed by atoms with van der Waals surface area (Å²) in [7, 11) is -3.00. The van der Waals surface area contributed by atoms with Crippen molar-refractivity contribution in [2.75, 3.05) is 6.26 Å². The molecule has 6 nitrogen and oxygen atoms in total. The van der Waals surface area contributed by atoms with Crippen molar-refractivity contribution in [3.05, 3.63) is 65.7 Å². The van der Waals surface area contributed by atoms with Gasteiger partial charge < -0.3 is 9.84 Å². The van der Waals surface area contributed by atoms with Crippen molar-refractivity contribution >= 4 is 21.8 Å². The van der Waals surface area contributed by atoms with Crippen LogP contribution >= 0.6 is 0 Å². The van der Waals surface area contributed by atoms with Crippen LogP contribution in [0.15, 0.2) is 63.9 Å². The Morgan fingerprint density at radius 2 is 1.70 bits per heavy atom. The average Bonchev–Trinajstić information content (AvgIpc) is 2.53. The van der Waals surface area contributed by atoms with Gasteiger partial charge in [-0.25, -0.2) is 13.8 Å². The summed E-state index contributed by atoms with van der Waals surface area (Å²) in [6, 6.07) is 14.4. The molecule has 0 saturated carbocycles. The maximum Gasteiger partial charge on any atom is 0.442 e. The monoisotopic (exact) mass is 333 g/mol. The third-order valence-corrected chi connectivity index (χ3v) is 4.64. The van der Waals surface area contributed by atoms with Gasteiger partial charge >= 0.3 is 12.1 Å². The first-order valence-electron chi connectivity index (χ1n) is 6.65. The fourth-order valence-electron chi connectivity index (χ4n) is 1.79. The largest absolute Gasteiger partial charge is 0.478 e.